The molecular weight excluding hydrogens is 210 g/mol. The quantitative estimate of drug-likeness (QED) is 0.740. The summed E-state index contributed by atoms with van der Waals surface area (Å²) in [7, 11) is 0. The lowest BCUT2D eigenvalue weighted by Gasteiger charge is -2.23. The molecule has 16 heavy (non-hydrogen) atoms. The SMILES string of the molecule is O=C(O)CN1CC[C@]2(CC[C@@H](C(=O)O)C2)C1. The molecule has 1 aliphatic carbocycles. The summed E-state index contributed by atoms with van der Waals surface area (Å²) < 4.78 is 0. The van der Waals surface area contributed by atoms with Crippen molar-refractivity contribution in [3.63, 3.8) is 0 Å². The van der Waals surface area contributed by atoms with Crippen LogP contribution in [-0.4, -0.2) is 46.7 Å². The van der Waals surface area contributed by atoms with Gasteiger partial charge in [-0.1, -0.05) is 0 Å². The van der Waals surface area contributed by atoms with Crippen LogP contribution in [0.5, 0.6) is 0 Å². The highest BCUT2D eigenvalue weighted by Crippen LogP contribution is 2.47. The van der Waals surface area contributed by atoms with Crippen LogP contribution >= 0.6 is 0 Å². The number of carbonyl (C=O) groups is 2. The normalized spacial score (nSPS) is 34.6. The lowest BCUT2D eigenvalue weighted by Crippen LogP contribution is -2.30. The lowest BCUT2D eigenvalue weighted by molar-refractivity contribution is -0.142. The minimum atomic E-state index is -0.801. The van der Waals surface area contributed by atoms with Gasteiger partial charge in [0.1, 0.15) is 0 Å². The zero-order valence-corrected chi connectivity index (χ0v) is 9.19. The fourth-order valence-electron chi connectivity index (χ4n) is 3.14. The summed E-state index contributed by atoms with van der Waals surface area (Å²) in [6.45, 7) is 1.63. The van der Waals surface area contributed by atoms with Gasteiger partial charge in [-0.15, -0.1) is 0 Å². The average molecular weight is 227 g/mol. The standard InChI is InChI=1S/C11H17NO4/c13-9(14)6-12-4-3-11(7-12)2-1-8(5-11)10(15)16/h8H,1-7H2,(H,13,14)(H,15,16)/t8-,11+/m1/s1. The molecule has 2 rings (SSSR count). The van der Waals surface area contributed by atoms with Gasteiger partial charge in [-0.05, 0) is 37.6 Å². The predicted molar refractivity (Wildman–Crippen MR) is 56.1 cm³/mol. The first-order valence-electron chi connectivity index (χ1n) is 5.68. The van der Waals surface area contributed by atoms with Crippen molar-refractivity contribution in [1.82, 2.24) is 4.90 Å². The minimum absolute atomic E-state index is 0.0819. The van der Waals surface area contributed by atoms with Crippen LogP contribution in [0.2, 0.25) is 0 Å². The van der Waals surface area contributed by atoms with Gasteiger partial charge in [-0.2, -0.15) is 0 Å². The van der Waals surface area contributed by atoms with E-state index in [0.717, 1.165) is 38.8 Å². The molecule has 2 fully saturated rings. The first-order valence-corrected chi connectivity index (χ1v) is 5.68. The van der Waals surface area contributed by atoms with E-state index in [0.29, 0.717) is 0 Å². The molecule has 5 nitrogen and oxygen atoms in total. The van der Waals surface area contributed by atoms with Crippen LogP contribution in [0.25, 0.3) is 0 Å². The third kappa shape index (κ3) is 2.19. The molecule has 0 amide bonds. The van der Waals surface area contributed by atoms with Gasteiger partial charge in [0.05, 0.1) is 12.5 Å². The van der Waals surface area contributed by atoms with Crippen LogP contribution in [-0.2, 0) is 9.59 Å². The molecule has 0 radical (unpaired) electrons. The molecule has 0 bridgehead atoms. The van der Waals surface area contributed by atoms with Gasteiger partial charge in [0.25, 0.3) is 0 Å². The van der Waals surface area contributed by atoms with Crippen molar-refractivity contribution in [1.29, 1.82) is 0 Å². The second-order valence-electron chi connectivity index (χ2n) is 5.13. The van der Waals surface area contributed by atoms with Gasteiger partial charge >= 0.3 is 11.9 Å². The Bertz CT molecular complexity index is 317. The van der Waals surface area contributed by atoms with Crippen molar-refractivity contribution >= 4 is 11.9 Å². The topological polar surface area (TPSA) is 77.8 Å². The molecular formula is C11H17NO4. The third-order valence-corrected chi connectivity index (χ3v) is 3.93. The van der Waals surface area contributed by atoms with E-state index < -0.39 is 11.9 Å². The lowest BCUT2D eigenvalue weighted by atomic mass is 9.84. The van der Waals surface area contributed by atoms with Gasteiger partial charge in [-0.3, -0.25) is 14.5 Å². The van der Waals surface area contributed by atoms with Crippen LogP contribution in [0.4, 0.5) is 0 Å². The smallest absolute Gasteiger partial charge is 0.317 e. The van der Waals surface area contributed by atoms with Gasteiger partial charge in [0.15, 0.2) is 0 Å². The summed E-state index contributed by atoms with van der Waals surface area (Å²) in [4.78, 5) is 23.4. The highest BCUT2D eigenvalue weighted by Gasteiger charge is 2.46. The third-order valence-electron chi connectivity index (χ3n) is 3.93. The maximum Gasteiger partial charge on any atom is 0.317 e. The van der Waals surface area contributed by atoms with Crippen molar-refractivity contribution in [2.75, 3.05) is 19.6 Å². The zero-order chi connectivity index (χ0) is 11.8. The van der Waals surface area contributed by atoms with Gasteiger partial charge < -0.3 is 10.2 Å². The maximum atomic E-state index is 10.9. The Morgan fingerprint density at radius 2 is 2.06 bits per heavy atom. The van der Waals surface area contributed by atoms with Crippen LogP contribution in [0.1, 0.15) is 25.7 Å². The van der Waals surface area contributed by atoms with Crippen molar-refractivity contribution in [2.45, 2.75) is 25.7 Å². The van der Waals surface area contributed by atoms with Crippen LogP contribution < -0.4 is 0 Å². The largest absolute Gasteiger partial charge is 0.481 e. The first-order chi connectivity index (χ1) is 7.51. The molecule has 0 aromatic carbocycles. The van der Waals surface area contributed by atoms with E-state index in [1.54, 1.807) is 0 Å². The van der Waals surface area contributed by atoms with Gasteiger partial charge in [-0.25, -0.2) is 0 Å². The summed E-state index contributed by atoms with van der Waals surface area (Å²) in [6, 6.07) is 0. The molecule has 5 heteroatoms. The Morgan fingerprint density at radius 3 is 2.62 bits per heavy atom. The van der Waals surface area contributed by atoms with Gasteiger partial charge in [0.2, 0.25) is 0 Å². The van der Waals surface area contributed by atoms with Crippen molar-refractivity contribution in [3.05, 3.63) is 0 Å². The molecule has 1 saturated heterocycles. The molecule has 0 aromatic heterocycles. The van der Waals surface area contributed by atoms with E-state index >= 15 is 0 Å². The second kappa shape index (κ2) is 4.05. The molecule has 1 heterocycles. The summed E-state index contributed by atoms with van der Waals surface area (Å²) >= 11 is 0. The van der Waals surface area contributed by atoms with E-state index in [4.69, 9.17) is 10.2 Å². The first kappa shape index (κ1) is 11.4. The fourth-order valence-corrected chi connectivity index (χ4v) is 3.14. The second-order valence-corrected chi connectivity index (χ2v) is 5.13. The Balaban J connectivity index is 1.93. The van der Waals surface area contributed by atoms with E-state index in [9.17, 15) is 9.59 Å². The molecule has 1 saturated carbocycles. The molecule has 0 aromatic rings. The molecule has 1 spiro atoms. The number of aliphatic carboxylic acids is 2. The molecule has 1 aliphatic heterocycles. The van der Waals surface area contributed by atoms with Crippen molar-refractivity contribution in [2.24, 2.45) is 11.3 Å². The fraction of sp³-hybridized carbons (Fsp3) is 0.818. The van der Waals surface area contributed by atoms with E-state index in [2.05, 4.69) is 0 Å². The number of likely N-dealkylation sites (tertiary alicyclic amines) is 1. The Kier molecular flexibility index (Phi) is 2.88. The summed E-state index contributed by atoms with van der Waals surface area (Å²) in [5.74, 6) is -1.72. The summed E-state index contributed by atoms with van der Waals surface area (Å²) in [6.07, 6.45) is 3.35. The Morgan fingerprint density at radius 1 is 1.31 bits per heavy atom. The zero-order valence-electron chi connectivity index (χ0n) is 9.19. The summed E-state index contributed by atoms with van der Waals surface area (Å²) in [5.41, 5.74) is 0.0819. The number of nitrogens with zero attached hydrogens (tertiary/aromatic N) is 1. The average Bonchev–Trinajstić information content (AvgIpc) is 2.74. The predicted octanol–water partition coefficient (Wildman–Crippen LogP) is 0.648. The number of carboxylic acid groups (broad SMARTS) is 2. The van der Waals surface area contributed by atoms with Crippen molar-refractivity contribution in [3.8, 4) is 0 Å². The Labute approximate surface area is 94.0 Å². The molecule has 2 aliphatic rings. The molecule has 0 unspecified atom stereocenters. The molecule has 2 atom stereocenters. The highest BCUT2D eigenvalue weighted by molar-refractivity contribution is 5.70. The number of hydrogen-bond donors (Lipinski definition) is 2. The Hall–Kier alpha value is -1.10. The minimum Gasteiger partial charge on any atom is -0.481 e. The summed E-state index contributed by atoms with van der Waals surface area (Å²) in [5, 5.41) is 17.7. The number of carboxylic acids is 2. The number of rotatable bonds is 3. The van der Waals surface area contributed by atoms with Gasteiger partial charge in [0, 0.05) is 6.54 Å². The van der Waals surface area contributed by atoms with E-state index in [-0.39, 0.29) is 17.9 Å². The number of hydrogen-bond acceptors (Lipinski definition) is 3. The van der Waals surface area contributed by atoms with E-state index in [1.807, 2.05) is 4.90 Å². The van der Waals surface area contributed by atoms with Crippen LogP contribution in [0.3, 0.4) is 0 Å². The van der Waals surface area contributed by atoms with Crippen LogP contribution in [0.15, 0.2) is 0 Å². The van der Waals surface area contributed by atoms with Crippen molar-refractivity contribution < 1.29 is 19.8 Å². The van der Waals surface area contributed by atoms with Crippen LogP contribution in [0, 0.1) is 11.3 Å². The maximum absolute atomic E-state index is 10.9. The molecule has 90 valence electrons. The van der Waals surface area contributed by atoms with E-state index in [1.165, 1.54) is 0 Å². The molecule has 2 N–H and O–H groups in total. The highest BCUT2D eigenvalue weighted by atomic mass is 16.4. The monoisotopic (exact) mass is 227 g/mol.